The maximum absolute atomic E-state index is 12.7. The lowest BCUT2D eigenvalue weighted by Crippen LogP contribution is -2.40. The molecular formula is C19H21N3O5S. The number of ether oxygens (including phenoxy) is 1. The highest BCUT2D eigenvalue weighted by molar-refractivity contribution is 7.89. The van der Waals surface area contributed by atoms with Crippen molar-refractivity contribution in [2.45, 2.75) is 4.90 Å². The van der Waals surface area contributed by atoms with Gasteiger partial charge in [0, 0.05) is 25.7 Å². The minimum Gasteiger partial charge on any atom is -0.379 e. The lowest BCUT2D eigenvalue weighted by Gasteiger charge is -2.26. The van der Waals surface area contributed by atoms with Crippen LogP contribution in [0.5, 0.6) is 0 Å². The molecule has 0 aliphatic carbocycles. The molecule has 0 radical (unpaired) electrons. The monoisotopic (exact) mass is 403 g/mol. The first-order valence-electron chi connectivity index (χ1n) is 8.80. The summed E-state index contributed by atoms with van der Waals surface area (Å²) in [7, 11) is -3.79. The molecule has 2 aromatic carbocycles. The second-order valence-corrected chi connectivity index (χ2v) is 8.08. The average Bonchev–Trinajstić information content (AvgIpc) is 2.72. The van der Waals surface area contributed by atoms with Gasteiger partial charge in [-0.1, -0.05) is 42.5 Å². The Morgan fingerprint density at radius 3 is 2.54 bits per heavy atom. The number of nitro benzene ring substituents is 1. The fraction of sp³-hybridized carbons (Fsp3) is 0.263. The van der Waals surface area contributed by atoms with Gasteiger partial charge in [0.05, 0.1) is 23.0 Å². The molecule has 2 aromatic rings. The summed E-state index contributed by atoms with van der Waals surface area (Å²) >= 11 is 0. The van der Waals surface area contributed by atoms with Crippen molar-refractivity contribution >= 4 is 27.5 Å². The third kappa shape index (κ3) is 4.75. The summed E-state index contributed by atoms with van der Waals surface area (Å²) in [5, 5.41) is 14.4. The van der Waals surface area contributed by atoms with Gasteiger partial charge in [0.2, 0.25) is 10.0 Å². The van der Waals surface area contributed by atoms with Crippen molar-refractivity contribution < 1.29 is 18.1 Å². The molecule has 1 heterocycles. The first-order valence-corrected chi connectivity index (χ1v) is 10.2. The summed E-state index contributed by atoms with van der Waals surface area (Å²) < 4.78 is 31.9. The molecule has 0 spiro atoms. The van der Waals surface area contributed by atoms with Gasteiger partial charge in [-0.25, -0.2) is 8.42 Å². The van der Waals surface area contributed by atoms with Gasteiger partial charge in [-0.3, -0.25) is 10.1 Å². The van der Waals surface area contributed by atoms with Crippen molar-refractivity contribution in [1.29, 1.82) is 0 Å². The Morgan fingerprint density at radius 1 is 1.14 bits per heavy atom. The van der Waals surface area contributed by atoms with E-state index in [1.165, 1.54) is 16.4 Å². The number of nitrogens with one attached hydrogen (secondary N) is 1. The van der Waals surface area contributed by atoms with Gasteiger partial charge < -0.3 is 10.1 Å². The second kappa shape index (κ2) is 8.96. The number of morpholine rings is 1. The van der Waals surface area contributed by atoms with E-state index in [-0.39, 0.29) is 29.4 Å². The van der Waals surface area contributed by atoms with Crippen LogP contribution in [0.2, 0.25) is 0 Å². The summed E-state index contributed by atoms with van der Waals surface area (Å²) in [6.45, 7) is 1.47. The molecule has 0 unspecified atom stereocenters. The summed E-state index contributed by atoms with van der Waals surface area (Å²) in [5.74, 6) is 0. The molecule has 0 aromatic heterocycles. The van der Waals surface area contributed by atoms with Gasteiger partial charge in [-0.05, 0) is 17.7 Å². The van der Waals surface area contributed by atoms with E-state index in [0.29, 0.717) is 19.8 Å². The molecule has 1 aliphatic heterocycles. The van der Waals surface area contributed by atoms with E-state index < -0.39 is 14.9 Å². The number of rotatable bonds is 7. The normalized spacial score (nSPS) is 15.6. The molecule has 0 amide bonds. The van der Waals surface area contributed by atoms with Gasteiger partial charge in [0.15, 0.2) is 0 Å². The highest BCUT2D eigenvalue weighted by atomic mass is 32.2. The number of anilines is 1. The Bertz CT molecular complexity index is 955. The number of benzene rings is 2. The van der Waals surface area contributed by atoms with Gasteiger partial charge in [0.1, 0.15) is 5.69 Å². The molecular weight excluding hydrogens is 382 g/mol. The molecule has 28 heavy (non-hydrogen) atoms. The number of nitrogens with zero attached hydrogens (tertiary/aromatic N) is 2. The summed E-state index contributed by atoms with van der Waals surface area (Å²) in [4.78, 5) is 10.8. The molecule has 9 heteroatoms. The van der Waals surface area contributed by atoms with Crippen molar-refractivity contribution in [1.82, 2.24) is 4.31 Å². The van der Waals surface area contributed by atoms with Crippen LogP contribution in [0.4, 0.5) is 11.4 Å². The van der Waals surface area contributed by atoms with Gasteiger partial charge in [0.25, 0.3) is 5.69 Å². The standard InChI is InChI=1S/C19H21N3O5S/c23-22(24)19-15-17(28(25,26)21-11-13-27-14-12-21)8-9-18(19)20-10-4-7-16-5-2-1-3-6-16/h1-9,15,20H,10-14H2/b7-4+. The SMILES string of the molecule is O=[N+]([O-])c1cc(S(=O)(=O)N2CCOCC2)ccc1NC/C=C/c1ccccc1. The summed E-state index contributed by atoms with van der Waals surface area (Å²) in [5.41, 5.74) is 1.01. The third-order valence-corrected chi connectivity index (χ3v) is 6.19. The molecule has 1 saturated heterocycles. The summed E-state index contributed by atoms with van der Waals surface area (Å²) in [6, 6.07) is 13.6. The first-order chi connectivity index (χ1) is 13.5. The third-order valence-electron chi connectivity index (χ3n) is 4.29. The molecule has 1 N–H and O–H groups in total. The van der Waals surface area contributed by atoms with Crippen LogP contribution in [0.15, 0.2) is 59.5 Å². The van der Waals surface area contributed by atoms with Crippen molar-refractivity contribution in [3.05, 3.63) is 70.3 Å². The molecule has 1 aliphatic rings. The molecule has 8 nitrogen and oxygen atoms in total. The largest absolute Gasteiger partial charge is 0.379 e. The van der Waals surface area contributed by atoms with Crippen LogP contribution in [0, 0.1) is 10.1 Å². The van der Waals surface area contributed by atoms with Crippen LogP contribution in [-0.4, -0.2) is 50.5 Å². The molecule has 0 saturated carbocycles. The molecule has 1 fully saturated rings. The summed E-state index contributed by atoms with van der Waals surface area (Å²) in [6.07, 6.45) is 3.74. The predicted molar refractivity (Wildman–Crippen MR) is 107 cm³/mol. The van der Waals surface area contributed by atoms with E-state index in [9.17, 15) is 18.5 Å². The Kier molecular flexibility index (Phi) is 6.40. The predicted octanol–water partition coefficient (Wildman–Crippen LogP) is 2.74. The zero-order chi connectivity index (χ0) is 20.0. The van der Waals surface area contributed by atoms with Crippen molar-refractivity contribution in [2.75, 3.05) is 38.2 Å². The first kappa shape index (κ1) is 20.0. The lowest BCUT2D eigenvalue weighted by molar-refractivity contribution is -0.384. The second-order valence-electron chi connectivity index (χ2n) is 6.15. The number of hydrogen-bond acceptors (Lipinski definition) is 6. The number of hydrogen-bond donors (Lipinski definition) is 1. The lowest BCUT2D eigenvalue weighted by atomic mass is 10.2. The molecule has 3 rings (SSSR count). The quantitative estimate of drug-likeness (QED) is 0.563. The van der Waals surface area contributed by atoms with Crippen LogP contribution in [0.1, 0.15) is 5.56 Å². The maximum atomic E-state index is 12.7. The minimum absolute atomic E-state index is 0.0912. The van der Waals surface area contributed by atoms with Crippen molar-refractivity contribution in [3.8, 4) is 0 Å². The Morgan fingerprint density at radius 2 is 1.86 bits per heavy atom. The Hall–Kier alpha value is -2.75. The zero-order valence-corrected chi connectivity index (χ0v) is 16.0. The van der Waals surface area contributed by atoms with Crippen molar-refractivity contribution in [2.24, 2.45) is 0 Å². The number of nitro groups is 1. The van der Waals surface area contributed by atoms with Crippen LogP contribution in [0.3, 0.4) is 0 Å². The topological polar surface area (TPSA) is 102 Å². The Labute approximate surface area is 163 Å². The van der Waals surface area contributed by atoms with E-state index in [2.05, 4.69) is 5.32 Å². The number of sulfonamides is 1. The molecule has 0 atom stereocenters. The Balaban J connectivity index is 1.75. The van der Waals surface area contributed by atoms with Crippen LogP contribution >= 0.6 is 0 Å². The van der Waals surface area contributed by atoms with Gasteiger partial charge in [-0.2, -0.15) is 4.31 Å². The highest BCUT2D eigenvalue weighted by Crippen LogP contribution is 2.29. The molecule has 148 valence electrons. The fourth-order valence-electron chi connectivity index (χ4n) is 2.84. The van der Waals surface area contributed by atoms with E-state index in [0.717, 1.165) is 11.6 Å². The maximum Gasteiger partial charge on any atom is 0.293 e. The van der Waals surface area contributed by atoms with Crippen LogP contribution < -0.4 is 5.32 Å². The van der Waals surface area contributed by atoms with E-state index in [1.54, 1.807) is 0 Å². The van der Waals surface area contributed by atoms with Crippen LogP contribution in [-0.2, 0) is 14.8 Å². The van der Waals surface area contributed by atoms with E-state index in [1.807, 2.05) is 42.5 Å². The highest BCUT2D eigenvalue weighted by Gasteiger charge is 2.28. The molecule has 0 bridgehead atoms. The van der Waals surface area contributed by atoms with Crippen molar-refractivity contribution in [3.63, 3.8) is 0 Å². The fourth-order valence-corrected chi connectivity index (χ4v) is 4.27. The smallest absolute Gasteiger partial charge is 0.293 e. The minimum atomic E-state index is -3.79. The zero-order valence-electron chi connectivity index (χ0n) is 15.2. The van der Waals surface area contributed by atoms with Crippen LogP contribution in [0.25, 0.3) is 6.08 Å². The van der Waals surface area contributed by atoms with E-state index in [4.69, 9.17) is 4.74 Å². The van der Waals surface area contributed by atoms with E-state index >= 15 is 0 Å². The van der Waals surface area contributed by atoms with Gasteiger partial charge >= 0.3 is 0 Å². The van der Waals surface area contributed by atoms with Gasteiger partial charge in [-0.15, -0.1) is 0 Å². The average molecular weight is 403 g/mol.